The Bertz CT molecular complexity index is 594. The Labute approximate surface area is 156 Å². The molecular weight excluding hydrogens is 328 g/mol. The molecule has 1 saturated carbocycles. The van der Waals surface area contributed by atoms with Crippen molar-refractivity contribution in [3.05, 3.63) is 73.8 Å². The maximum absolute atomic E-state index is 6.04. The van der Waals surface area contributed by atoms with E-state index in [1.165, 1.54) is 6.42 Å². The van der Waals surface area contributed by atoms with Crippen LogP contribution in [0.3, 0.4) is 0 Å². The summed E-state index contributed by atoms with van der Waals surface area (Å²) in [5, 5.41) is 0. The van der Waals surface area contributed by atoms with Gasteiger partial charge >= 0.3 is 0 Å². The first-order valence-electron chi connectivity index (χ1n) is 9.09. The van der Waals surface area contributed by atoms with E-state index in [9.17, 15) is 0 Å². The Balaban J connectivity index is 0.00000117. The van der Waals surface area contributed by atoms with Crippen molar-refractivity contribution in [2.75, 3.05) is 13.2 Å². The van der Waals surface area contributed by atoms with Crippen LogP contribution in [-0.4, -0.2) is 19.0 Å². The Morgan fingerprint density at radius 1 is 0.731 bits per heavy atom. The fraction of sp³-hybridized carbons (Fsp3) is 0.364. The molecule has 4 nitrogen and oxygen atoms in total. The second-order valence-electron chi connectivity index (χ2n) is 5.96. The molecule has 0 atom stereocenters. The molecule has 0 amide bonds. The lowest BCUT2D eigenvalue weighted by Gasteiger charge is -2.34. The highest BCUT2D eigenvalue weighted by molar-refractivity contribution is 5.21. The van der Waals surface area contributed by atoms with Gasteiger partial charge in [-0.25, -0.2) is 0 Å². The predicted molar refractivity (Wildman–Crippen MR) is 103 cm³/mol. The molecule has 4 heteroatoms. The summed E-state index contributed by atoms with van der Waals surface area (Å²) in [5.41, 5.74) is 0. The minimum atomic E-state index is -0.672. The van der Waals surface area contributed by atoms with E-state index in [1.54, 1.807) is 0 Å². The van der Waals surface area contributed by atoms with Crippen molar-refractivity contribution in [1.82, 2.24) is 0 Å². The molecular formula is C22H28O4. The normalized spacial score (nSPS) is 15.4. The maximum Gasteiger partial charge on any atom is 0.213 e. The number of hydrogen-bond donors (Lipinski definition) is 0. The fourth-order valence-electron chi connectivity index (χ4n) is 2.85. The first-order valence-corrected chi connectivity index (χ1v) is 9.09. The Kier molecular flexibility index (Phi) is 8.73. The van der Waals surface area contributed by atoms with Crippen LogP contribution in [0.5, 0.6) is 11.5 Å². The van der Waals surface area contributed by atoms with E-state index < -0.39 is 5.79 Å². The van der Waals surface area contributed by atoms with Gasteiger partial charge in [-0.2, -0.15) is 4.89 Å². The summed E-state index contributed by atoms with van der Waals surface area (Å²) >= 11 is 0. The number of para-hydroxylation sites is 2. The van der Waals surface area contributed by atoms with Gasteiger partial charge in [-0.3, -0.25) is 0 Å². The van der Waals surface area contributed by atoms with E-state index >= 15 is 0 Å². The zero-order chi connectivity index (χ0) is 18.5. The third kappa shape index (κ3) is 6.54. The van der Waals surface area contributed by atoms with Crippen LogP contribution in [0, 0.1) is 0 Å². The molecule has 0 radical (unpaired) electrons. The van der Waals surface area contributed by atoms with Crippen LogP contribution < -0.4 is 9.62 Å². The first-order chi connectivity index (χ1) is 12.9. The molecule has 1 fully saturated rings. The topological polar surface area (TPSA) is 36.9 Å². The summed E-state index contributed by atoms with van der Waals surface area (Å²) in [6.07, 6.45) is 5.05. The monoisotopic (exact) mass is 356 g/mol. The Morgan fingerprint density at radius 2 is 1.31 bits per heavy atom. The van der Waals surface area contributed by atoms with Gasteiger partial charge in [0, 0.05) is 12.8 Å². The van der Waals surface area contributed by atoms with Gasteiger partial charge in [0.05, 0.1) is 6.61 Å². The van der Waals surface area contributed by atoms with Gasteiger partial charge in [-0.15, -0.1) is 13.2 Å². The largest absolute Gasteiger partial charge is 0.491 e. The molecule has 0 saturated heterocycles. The lowest BCUT2D eigenvalue weighted by molar-refractivity contribution is -0.389. The van der Waals surface area contributed by atoms with Gasteiger partial charge in [0.2, 0.25) is 5.79 Å². The molecule has 0 unspecified atom stereocenters. The fourth-order valence-corrected chi connectivity index (χ4v) is 2.85. The third-order valence-corrected chi connectivity index (χ3v) is 4.11. The number of hydrogen-bond acceptors (Lipinski definition) is 4. The van der Waals surface area contributed by atoms with E-state index in [-0.39, 0.29) is 0 Å². The van der Waals surface area contributed by atoms with Crippen LogP contribution in [0.4, 0.5) is 0 Å². The molecule has 0 bridgehead atoms. The average molecular weight is 356 g/mol. The summed E-state index contributed by atoms with van der Waals surface area (Å²) < 4.78 is 11.7. The van der Waals surface area contributed by atoms with Crippen LogP contribution in [-0.2, 0) is 9.62 Å². The molecule has 0 N–H and O–H groups in total. The number of ether oxygens (including phenoxy) is 2. The molecule has 26 heavy (non-hydrogen) atoms. The minimum Gasteiger partial charge on any atom is -0.491 e. The second kappa shape index (κ2) is 11.3. The SMILES string of the molecule is C=C.c1ccc(OCCOC2(OOc3ccccc3)CCCCC2)cc1. The lowest BCUT2D eigenvalue weighted by Crippen LogP contribution is -2.40. The smallest absolute Gasteiger partial charge is 0.213 e. The summed E-state index contributed by atoms with van der Waals surface area (Å²) in [6.45, 7) is 6.95. The van der Waals surface area contributed by atoms with Crippen LogP contribution in [0.1, 0.15) is 32.1 Å². The first kappa shape index (κ1) is 20.0. The predicted octanol–water partition coefficient (Wildman–Crippen LogP) is 5.56. The average Bonchev–Trinajstić information content (AvgIpc) is 2.74. The second-order valence-corrected chi connectivity index (χ2v) is 5.96. The zero-order valence-electron chi connectivity index (χ0n) is 15.3. The van der Waals surface area contributed by atoms with Gasteiger partial charge < -0.3 is 14.4 Å². The van der Waals surface area contributed by atoms with Crippen molar-refractivity contribution < 1.29 is 19.2 Å². The van der Waals surface area contributed by atoms with E-state index in [0.29, 0.717) is 19.0 Å². The molecule has 0 aliphatic heterocycles. The Morgan fingerprint density at radius 3 is 1.92 bits per heavy atom. The van der Waals surface area contributed by atoms with Crippen molar-refractivity contribution in [1.29, 1.82) is 0 Å². The molecule has 1 aliphatic rings. The van der Waals surface area contributed by atoms with Crippen LogP contribution >= 0.6 is 0 Å². The molecule has 140 valence electrons. The Hall–Kier alpha value is -2.30. The van der Waals surface area contributed by atoms with E-state index in [1.807, 2.05) is 60.7 Å². The van der Waals surface area contributed by atoms with Crippen LogP contribution in [0.25, 0.3) is 0 Å². The lowest BCUT2D eigenvalue weighted by atomic mass is 9.94. The number of benzene rings is 2. The minimum absolute atomic E-state index is 0.465. The van der Waals surface area contributed by atoms with Crippen molar-refractivity contribution >= 4 is 0 Å². The summed E-state index contributed by atoms with van der Waals surface area (Å²) in [7, 11) is 0. The summed E-state index contributed by atoms with van der Waals surface area (Å²) in [5.74, 6) is 0.862. The van der Waals surface area contributed by atoms with Crippen molar-refractivity contribution in [2.45, 2.75) is 37.9 Å². The molecule has 2 aromatic rings. The molecule has 0 spiro atoms. The molecule has 0 aromatic heterocycles. The van der Waals surface area contributed by atoms with Crippen molar-refractivity contribution in [2.24, 2.45) is 0 Å². The highest BCUT2D eigenvalue weighted by Gasteiger charge is 2.36. The highest BCUT2D eigenvalue weighted by Crippen LogP contribution is 2.33. The molecule has 1 aliphatic carbocycles. The van der Waals surface area contributed by atoms with Crippen molar-refractivity contribution in [3.63, 3.8) is 0 Å². The van der Waals surface area contributed by atoms with Crippen LogP contribution in [0.15, 0.2) is 73.8 Å². The third-order valence-electron chi connectivity index (χ3n) is 4.11. The summed E-state index contributed by atoms with van der Waals surface area (Å²) in [6, 6.07) is 19.3. The van der Waals surface area contributed by atoms with Gasteiger partial charge in [-0.05, 0) is 37.1 Å². The molecule has 3 rings (SSSR count). The van der Waals surface area contributed by atoms with E-state index in [4.69, 9.17) is 19.2 Å². The van der Waals surface area contributed by atoms with Gasteiger partial charge in [0.15, 0.2) is 5.75 Å². The van der Waals surface area contributed by atoms with Gasteiger partial charge in [-0.1, -0.05) is 42.8 Å². The van der Waals surface area contributed by atoms with Gasteiger partial charge in [0.25, 0.3) is 0 Å². The van der Waals surface area contributed by atoms with E-state index in [2.05, 4.69) is 13.2 Å². The molecule has 2 aromatic carbocycles. The number of rotatable bonds is 8. The summed E-state index contributed by atoms with van der Waals surface area (Å²) in [4.78, 5) is 11.2. The van der Waals surface area contributed by atoms with Crippen LogP contribution in [0.2, 0.25) is 0 Å². The maximum atomic E-state index is 6.04. The molecule has 0 heterocycles. The van der Waals surface area contributed by atoms with Crippen molar-refractivity contribution in [3.8, 4) is 11.5 Å². The quantitative estimate of drug-likeness (QED) is 0.204. The standard InChI is InChI=1S/C20H24O4.C2H4/c1-4-10-18(11-5-1)21-16-17-22-20(14-8-3-9-15-20)24-23-19-12-6-2-7-13-19;1-2/h1-2,4-7,10-13H,3,8-9,14-17H2;1-2H2. The highest BCUT2D eigenvalue weighted by atomic mass is 17.2. The van der Waals surface area contributed by atoms with E-state index in [0.717, 1.165) is 31.4 Å². The zero-order valence-corrected chi connectivity index (χ0v) is 15.3. The van der Waals surface area contributed by atoms with Gasteiger partial charge in [0.1, 0.15) is 12.4 Å².